The van der Waals surface area contributed by atoms with E-state index in [4.69, 9.17) is 4.74 Å². The van der Waals surface area contributed by atoms with Crippen LogP contribution < -0.4 is 5.32 Å². The Bertz CT molecular complexity index is 1520. The number of esters is 1. The SMILES string of the molecule is Cc1nn(-c2ccccc2)c2sc(C(=O)OCC(=O)Nc3ccc(S(=O)(=O)N4CCCC4)cc3)cc12. The molecule has 0 aliphatic carbocycles. The Labute approximate surface area is 212 Å². The van der Waals surface area contributed by atoms with Gasteiger partial charge in [-0.25, -0.2) is 17.9 Å². The molecule has 1 saturated heterocycles. The maximum atomic E-state index is 12.6. The average Bonchev–Trinajstić information content (AvgIpc) is 3.63. The summed E-state index contributed by atoms with van der Waals surface area (Å²) in [5.41, 5.74) is 2.09. The largest absolute Gasteiger partial charge is 0.451 e. The lowest BCUT2D eigenvalue weighted by Gasteiger charge is -2.15. The fraction of sp³-hybridized carbons (Fsp3) is 0.240. The maximum Gasteiger partial charge on any atom is 0.348 e. The van der Waals surface area contributed by atoms with Crippen LogP contribution in [0.3, 0.4) is 0 Å². The molecule has 5 rings (SSSR count). The molecule has 36 heavy (non-hydrogen) atoms. The van der Waals surface area contributed by atoms with Crippen LogP contribution in [0.25, 0.3) is 15.9 Å². The number of hydrogen-bond donors (Lipinski definition) is 1. The number of carbonyl (C=O) groups is 2. The summed E-state index contributed by atoms with van der Waals surface area (Å²) in [6.07, 6.45) is 1.72. The molecule has 1 N–H and O–H groups in total. The molecular weight excluding hydrogens is 500 g/mol. The van der Waals surface area contributed by atoms with Gasteiger partial charge in [-0.2, -0.15) is 9.40 Å². The number of thiophene rings is 1. The maximum absolute atomic E-state index is 12.6. The van der Waals surface area contributed by atoms with Crippen LogP contribution in [0.4, 0.5) is 5.69 Å². The van der Waals surface area contributed by atoms with Crippen molar-refractivity contribution in [3.05, 3.63) is 71.2 Å². The average molecular weight is 525 g/mol. The van der Waals surface area contributed by atoms with Crippen molar-refractivity contribution in [1.29, 1.82) is 0 Å². The predicted octanol–water partition coefficient (Wildman–Crippen LogP) is 3.98. The Morgan fingerprint density at radius 1 is 1.06 bits per heavy atom. The topological polar surface area (TPSA) is 111 Å². The van der Waals surface area contributed by atoms with E-state index in [1.54, 1.807) is 10.7 Å². The Balaban J connectivity index is 1.21. The number of nitrogens with one attached hydrogen (secondary N) is 1. The zero-order chi connectivity index (χ0) is 25.3. The van der Waals surface area contributed by atoms with E-state index in [-0.39, 0.29) is 4.90 Å². The molecule has 0 radical (unpaired) electrons. The molecule has 4 aromatic rings. The third kappa shape index (κ3) is 4.77. The third-order valence-electron chi connectivity index (χ3n) is 5.92. The van der Waals surface area contributed by atoms with Crippen molar-refractivity contribution in [2.75, 3.05) is 25.0 Å². The minimum absolute atomic E-state index is 0.183. The van der Waals surface area contributed by atoms with Gasteiger partial charge in [0.15, 0.2) is 6.61 Å². The van der Waals surface area contributed by atoms with Crippen molar-refractivity contribution < 1.29 is 22.7 Å². The van der Waals surface area contributed by atoms with Crippen molar-refractivity contribution in [3.8, 4) is 5.69 Å². The molecule has 1 fully saturated rings. The van der Waals surface area contributed by atoms with E-state index in [0.717, 1.165) is 34.4 Å². The Kier molecular flexibility index (Phi) is 6.61. The first-order valence-corrected chi connectivity index (χ1v) is 13.7. The smallest absolute Gasteiger partial charge is 0.348 e. The van der Waals surface area contributed by atoms with Crippen LogP contribution in [0.5, 0.6) is 0 Å². The van der Waals surface area contributed by atoms with Gasteiger partial charge < -0.3 is 10.1 Å². The van der Waals surface area contributed by atoms with E-state index >= 15 is 0 Å². The zero-order valence-electron chi connectivity index (χ0n) is 19.5. The number of nitrogens with zero attached hydrogens (tertiary/aromatic N) is 3. The Hall–Kier alpha value is -3.54. The molecule has 0 atom stereocenters. The number of hydrogen-bond acceptors (Lipinski definition) is 7. The molecule has 0 unspecified atom stereocenters. The molecule has 186 valence electrons. The van der Waals surface area contributed by atoms with Crippen LogP contribution in [0.2, 0.25) is 0 Å². The molecule has 0 bridgehead atoms. The third-order valence-corrected chi connectivity index (χ3v) is 8.93. The summed E-state index contributed by atoms with van der Waals surface area (Å²) in [7, 11) is -3.52. The lowest BCUT2D eigenvalue weighted by atomic mass is 10.3. The molecule has 1 aliphatic rings. The number of amides is 1. The van der Waals surface area contributed by atoms with Crippen molar-refractivity contribution in [2.24, 2.45) is 0 Å². The van der Waals surface area contributed by atoms with Crippen LogP contribution in [0.1, 0.15) is 28.2 Å². The molecule has 3 heterocycles. The van der Waals surface area contributed by atoms with Gasteiger partial charge in [-0.05, 0) is 62.2 Å². The second kappa shape index (κ2) is 9.84. The number of aryl methyl sites for hydroxylation is 1. The summed E-state index contributed by atoms with van der Waals surface area (Å²) >= 11 is 1.25. The highest BCUT2D eigenvalue weighted by molar-refractivity contribution is 7.89. The number of sulfonamides is 1. The van der Waals surface area contributed by atoms with Crippen LogP contribution in [-0.4, -0.2) is 54.1 Å². The van der Waals surface area contributed by atoms with Gasteiger partial charge in [0.05, 0.1) is 16.3 Å². The molecule has 2 aromatic heterocycles. The van der Waals surface area contributed by atoms with Crippen molar-refractivity contribution in [2.45, 2.75) is 24.7 Å². The van der Waals surface area contributed by atoms with Crippen LogP contribution in [0.15, 0.2) is 65.6 Å². The van der Waals surface area contributed by atoms with Gasteiger partial charge in [0.1, 0.15) is 9.71 Å². The number of fused-ring (bicyclic) bond motifs is 1. The quantitative estimate of drug-likeness (QED) is 0.366. The monoisotopic (exact) mass is 524 g/mol. The molecule has 11 heteroatoms. The molecule has 9 nitrogen and oxygen atoms in total. The van der Waals surface area contributed by atoms with Crippen LogP contribution in [-0.2, 0) is 19.6 Å². The standard InChI is InChI=1S/C25H24N4O5S2/c1-17-21-15-22(35-24(21)29(27-17)19-7-3-2-4-8-19)25(31)34-16-23(30)26-18-9-11-20(12-10-18)36(32,33)28-13-5-6-14-28/h2-4,7-12,15H,5-6,13-14,16H2,1H3,(H,26,30). The van der Waals surface area contributed by atoms with E-state index in [1.807, 2.05) is 37.3 Å². The first kappa shape index (κ1) is 24.2. The second-order valence-corrected chi connectivity index (χ2v) is 11.4. The number of ether oxygens (including phenoxy) is 1. The van der Waals surface area contributed by atoms with E-state index in [2.05, 4.69) is 10.4 Å². The molecule has 1 amide bonds. The van der Waals surface area contributed by atoms with Gasteiger partial charge in [0, 0.05) is 24.2 Å². The normalized spacial score (nSPS) is 14.2. The lowest BCUT2D eigenvalue weighted by Crippen LogP contribution is -2.27. The minimum Gasteiger partial charge on any atom is -0.451 e. The van der Waals surface area contributed by atoms with Gasteiger partial charge in [0.25, 0.3) is 5.91 Å². The fourth-order valence-electron chi connectivity index (χ4n) is 4.08. The predicted molar refractivity (Wildman–Crippen MR) is 137 cm³/mol. The number of anilines is 1. The van der Waals surface area contributed by atoms with Gasteiger partial charge in [0.2, 0.25) is 10.0 Å². The fourth-order valence-corrected chi connectivity index (χ4v) is 6.67. The van der Waals surface area contributed by atoms with Gasteiger partial charge in [-0.1, -0.05) is 18.2 Å². The van der Waals surface area contributed by atoms with E-state index < -0.39 is 28.5 Å². The highest BCUT2D eigenvalue weighted by Gasteiger charge is 2.27. The summed E-state index contributed by atoms with van der Waals surface area (Å²) in [5.74, 6) is -1.12. The number of rotatable bonds is 7. The number of benzene rings is 2. The molecule has 0 spiro atoms. The lowest BCUT2D eigenvalue weighted by molar-refractivity contribution is -0.119. The highest BCUT2D eigenvalue weighted by Crippen LogP contribution is 2.31. The van der Waals surface area contributed by atoms with Crippen LogP contribution >= 0.6 is 11.3 Å². The number of aromatic nitrogens is 2. The van der Waals surface area contributed by atoms with Gasteiger partial charge in [-0.15, -0.1) is 11.3 Å². The first-order chi connectivity index (χ1) is 17.3. The zero-order valence-corrected chi connectivity index (χ0v) is 21.1. The van der Waals surface area contributed by atoms with Crippen molar-refractivity contribution >= 4 is 49.1 Å². The molecule has 0 saturated carbocycles. The summed E-state index contributed by atoms with van der Waals surface area (Å²) in [5, 5.41) is 8.03. The Morgan fingerprint density at radius 3 is 2.44 bits per heavy atom. The van der Waals surface area contributed by atoms with E-state index in [9.17, 15) is 18.0 Å². The molecular formula is C25H24N4O5S2. The van der Waals surface area contributed by atoms with Crippen LogP contribution in [0, 0.1) is 6.92 Å². The minimum atomic E-state index is -3.52. The summed E-state index contributed by atoms with van der Waals surface area (Å²) < 4.78 is 33.7. The van der Waals surface area contributed by atoms with E-state index in [1.165, 1.54) is 39.9 Å². The van der Waals surface area contributed by atoms with E-state index in [0.29, 0.717) is 23.7 Å². The highest BCUT2D eigenvalue weighted by atomic mass is 32.2. The summed E-state index contributed by atoms with van der Waals surface area (Å²) in [6, 6.07) is 17.3. The van der Waals surface area contributed by atoms with Crippen molar-refractivity contribution in [3.63, 3.8) is 0 Å². The van der Waals surface area contributed by atoms with Crippen molar-refractivity contribution in [1.82, 2.24) is 14.1 Å². The Morgan fingerprint density at radius 2 is 1.75 bits per heavy atom. The van der Waals surface area contributed by atoms with Gasteiger partial charge >= 0.3 is 5.97 Å². The summed E-state index contributed by atoms with van der Waals surface area (Å²) in [4.78, 5) is 26.3. The second-order valence-electron chi connectivity index (χ2n) is 8.42. The molecule has 1 aliphatic heterocycles. The molecule has 2 aromatic carbocycles. The number of para-hydroxylation sites is 1. The number of carbonyl (C=O) groups excluding carboxylic acids is 2. The summed E-state index contributed by atoms with van der Waals surface area (Å²) in [6.45, 7) is 2.45. The van der Waals surface area contributed by atoms with Gasteiger partial charge in [-0.3, -0.25) is 4.79 Å². The first-order valence-electron chi connectivity index (χ1n) is 11.4.